The summed E-state index contributed by atoms with van der Waals surface area (Å²) < 4.78 is 13.8. The van der Waals surface area contributed by atoms with E-state index < -0.39 is 0 Å². The molecule has 0 bridgehead atoms. The summed E-state index contributed by atoms with van der Waals surface area (Å²) >= 11 is 0. The third kappa shape index (κ3) is 2.99. The van der Waals surface area contributed by atoms with Crippen LogP contribution in [0.2, 0.25) is 0 Å². The highest BCUT2D eigenvalue weighted by Crippen LogP contribution is 2.24. The van der Waals surface area contributed by atoms with Gasteiger partial charge in [-0.2, -0.15) is 0 Å². The molecule has 1 N–H and O–H groups in total. The first-order chi connectivity index (χ1) is 9.22. The molecule has 0 saturated heterocycles. The van der Waals surface area contributed by atoms with E-state index in [2.05, 4.69) is 16.4 Å². The van der Waals surface area contributed by atoms with Gasteiger partial charge in [0.05, 0.1) is 0 Å². The molecule has 0 aliphatic heterocycles. The van der Waals surface area contributed by atoms with Gasteiger partial charge >= 0.3 is 0 Å². The molecule has 0 amide bonds. The van der Waals surface area contributed by atoms with E-state index in [9.17, 15) is 4.39 Å². The highest BCUT2D eigenvalue weighted by molar-refractivity contribution is 5.63. The van der Waals surface area contributed by atoms with Crippen LogP contribution in [0, 0.1) is 12.7 Å². The smallest absolute Gasteiger partial charge is 0.127 e. The molecule has 3 rings (SSSR count). The number of pyridine rings is 1. The topological polar surface area (TPSA) is 24.9 Å². The second-order valence-electron chi connectivity index (χ2n) is 5.21. The lowest BCUT2D eigenvalue weighted by atomic mass is 10.0. The van der Waals surface area contributed by atoms with E-state index in [1.54, 1.807) is 6.07 Å². The third-order valence-electron chi connectivity index (χ3n) is 3.41. The summed E-state index contributed by atoms with van der Waals surface area (Å²) in [5, 5.41) is 3.35. The zero-order chi connectivity index (χ0) is 13.2. The SMILES string of the molecule is Cc1cncc(-c2ccc(F)c(CNC3CC3)c2)c1. The van der Waals surface area contributed by atoms with Crippen molar-refractivity contribution in [2.75, 3.05) is 0 Å². The number of benzene rings is 1. The molecule has 1 saturated carbocycles. The Kier molecular flexibility index (Phi) is 3.30. The van der Waals surface area contributed by atoms with Gasteiger partial charge in [-0.3, -0.25) is 4.98 Å². The van der Waals surface area contributed by atoms with Crippen molar-refractivity contribution < 1.29 is 4.39 Å². The molecule has 1 aliphatic carbocycles. The molecule has 1 fully saturated rings. The zero-order valence-corrected chi connectivity index (χ0v) is 11.0. The Morgan fingerprint density at radius 2 is 2.05 bits per heavy atom. The van der Waals surface area contributed by atoms with Gasteiger partial charge in [-0.1, -0.05) is 6.07 Å². The molecule has 1 heterocycles. The number of rotatable bonds is 4. The molecular weight excluding hydrogens is 239 g/mol. The molecule has 3 heteroatoms. The Labute approximate surface area is 112 Å². The van der Waals surface area contributed by atoms with Crippen molar-refractivity contribution in [2.45, 2.75) is 32.4 Å². The number of nitrogens with one attached hydrogen (secondary N) is 1. The Hall–Kier alpha value is -1.74. The monoisotopic (exact) mass is 256 g/mol. The molecular formula is C16H17FN2. The molecule has 1 aliphatic rings. The summed E-state index contributed by atoms with van der Waals surface area (Å²) in [6.07, 6.45) is 6.06. The van der Waals surface area contributed by atoms with Crippen molar-refractivity contribution in [2.24, 2.45) is 0 Å². The van der Waals surface area contributed by atoms with Crippen LogP contribution < -0.4 is 5.32 Å². The van der Waals surface area contributed by atoms with Crippen LogP contribution in [0.3, 0.4) is 0 Å². The molecule has 0 radical (unpaired) electrons. The zero-order valence-electron chi connectivity index (χ0n) is 11.0. The van der Waals surface area contributed by atoms with Crippen molar-refractivity contribution in [3.8, 4) is 11.1 Å². The van der Waals surface area contributed by atoms with Gasteiger partial charge in [0.25, 0.3) is 0 Å². The summed E-state index contributed by atoms with van der Waals surface area (Å²) in [5.74, 6) is -0.141. The fraction of sp³-hybridized carbons (Fsp3) is 0.312. The fourth-order valence-electron chi connectivity index (χ4n) is 2.14. The Bertz CT molecular complexity index is 591. The first kappa shape index (κ1) is 12.3. The van der Waals surface area contributed by atoms with Gasteiger partial charge in [0.2, 0.25) is 0 Å². The van der Waals surface area contributed by atoms with E-state index in [4.69, 9.17) is 0 Å². The van der Waals surface area contributed by atoms with Crippen molar-refractivity contribution in [3.63, 3.8) is 0 Å². The van der Waals surface area contributed by atoms with Gasteiger partial charge < -0.3 is 5.32 Å². The highest BCUT2D eigenvalue weighted by Gasteiger charge is 2.20. The molecule has 0 unspecified atom stereocenters. The van der Waals surface area contributed by atoms with Gasteiger partial charge in [-0.05, 0) is 49.1 Å². The van der Waals surface area contributed by atoms with Crippen LogP contribution in [0.1, 0.15) is 24.0 Å². The summed E-state index contributed by atoms with van der Waals surface area (Å²) in [5.41, 5.74) is 3.89. The highest BCUT2D eigenvalue weighted by atomic mass is 19.1. The van der Waals surface area contributed by atoms with E-state index >= 15 is 0 Å². The molecule has 2 nitrogen and oxygen atoms in total. The Balaban J connectivity index is 1.87. The summed E-state index contributed by atoms with van der Waals surface area (Å²) in [6, 6.07) is 7.93. The normalized spacial score (nSPS) is 14.6. The number of aromatic nitrogens is 1. The number of nitrogens with zero attached hydrogens (tertiary/aromatic N) is 1. The standard InChI is InChI=1S/C16H17FN2/c1-11-6-13(9-18-8-11)12-2-5-16(17)14(7-12)10-19-15-3-4-15/h2,5-9,15,19H,3-4,10H2,1H3. The average molecular weight is 256 g/mol. The van der Waals surface area contributed by atoms with Crippen molar-refractivity contribution in [1.29, 1.82) is 0 Å². The second kappa shape index (κ2) is 5.10. The number of hydrogen-bond acceptors (Lipinski definition) is 2. The minimum absolute atomic E-state index is 0.141. The summed E-state index contributed by atoms with van der Waals surface area (Å²) in [6.45, 7) is 2.61. The van der Waals surface area contributed by atoms with Gasteiger partial charge in [-0.25, -0.2) is 4.39 Å². The molecule has 1 aromatic heterocycles. The van der Waals surface area contributed by atoms with Gasteiger partial charge in [-0.15, -0.1) is 0 Å². The Morgan fingerprint density at radius 3 is 2.79 bits per heavy atom. The molecule has 2 aromatic rings. The lowest BCUT2D eigenvalue weighted by molar-refractivity contribution is 0.587. The quantitative estimate of drug-likeness (QED) is 0.906. The predicted molar refractivity (Wildman–Crippen MR) is 74.2 cm³/mol. The van der Waals surface area contributed by atoms with Crippen molar-refractivity contribution in [1.82, 2.24) is 10.3 Å². The van der Waals surface area contributed by atoms with Gasteiger partial charge in [0.1, 0.15) is 5.82 Å². The van der Waals surface area contributed by atoms with E-state index in [0.717, 1.165) is 22.3 Å². The lowest BCUT2D eigenvalue weighted by Gasteiger charge is -2.08. The predicted octanol–water partition coefficient (Wildman–Crippen LogP) is 3.45. The number of hydrogen-bond donors (Lipinski definition) is 1. The van der Waals surface area contributed by atoms with E-state index in [-0.39, 0.29) is 5.82 Å². The van der Waals surface area contributed by atoms with Crippen LogP contribution in [0.5, 0.6) is 0 Å². The van der Waals surface area contributed by atoms with E-state index in [0.29, 0.717) is 12.6 Å². The maximum absolute atomic E-state index is 13.8. The lowest BCUT2D eigenvalue weighted by Crippen LogP contribution is -2.16. The van der Waals surface area contributed by atoms with Crippen LogP contribution in [0.25, 0.3) is 11.1 Å². The third-order valence-corrected chi connectivity index (χ3v) is 3.41. The van der Waals surface area contributed by atoms with E-state index in [1.807, 2.05) is 31.5 Å². The maximum atomic E-state index is 13.8. The molecule has 0 atom stereocenters. The minimum atomic E-state index is -0.141. The molecule has 0 spiro atoms. The van der Waals surface area contributed by atoms with Gasteiger partial charge in [0, 0.05) is 36.1 Å². The molecule has 1 aromatic carbocycles. The van der Waals surface area contributed by atoms with Crippen molar-refractivity contribution in [3.05, 3.63) is 53.6 Å². The first-order valence-corrected chi connectivity index (χ1v) is 6.66. The fourth-order valence-corrected chi connectivity index (χ4v) is 2.14. The van der Waals surface area contributed by atoms with Crippen LogP contribution in [-0.2, 0) is 6.54 Å². The van der Waals surface area contributed by atoms with Gasteiger partial charge in [0.15, 0.2) is 0 Å². The van der Waals surface area contributed by atoms with Crippen molar-refractivity contribution >= 4 is 0 Å². The number of halogens is 1. The first-order valence-electron chi connectivity index (χ1n) is 6.66. The Morgan fingerprint density at radius 1 is 1.21 bits per heavy atom. The van der Waals surface area contributed by atoms with Crippen LogP contribution >= 0.6 is 0 Å². The minimum Gasteiger partial charge on any atom is -0.310 e. The van der Waals surface area contributed by atoms with Crippen LogP contribution in [-0.4, -0.2) is 11.0 Å². The second-order valence-corrected chi connectivity index (χ2v) is 5.21. The summed E-state index contributed by atoms with van der Waals surface area (Å²) in [4.78, 5) is 4.19. The largest absolute Gasteiger partial charge is 0.310 e. The maximum Gasteiger partial charge on any atom is 0.127 e. The number of aryl methyl sites for hydroxylation is 1. The average Bonchev–Trinajstić information content (AvgIpc) is 3.22. The van der Waals surface area contributed by atoms with Crippen LogP contribution in [0.4, 0.5) is 4.39 Å². The molecule has 98 valence electrons. The van der Waals surface area contributed by atoms with Crippen LogP contribution in [0.15, 0.2) is 36.7 Å². The summed E-state index contributed by atoms with van der Waals surface area (Å²) in [7, 11) is 0. The van der Waals surface area contributed by atoms with E-state index in [1.165, 1.54) is 12.8 Å². The molecule has 19 heavy (non-hydrogen) atoms.